The smallest absolute Gasteiger partial charge is 0.123 e. The van der Waals surface area contributed by atoms with Gasteiger partial charge < -0.3 is 10.8 Å². The van der Waals surface area contributed by atoms with Crippen LogP contribution < -0.4 is 5.73 Å². The van der Waals surface area contributed by atoms with E-state index in [4.69, 9.17) is 10.8 Å². The van der Waals surface area contributed by atoms with Crippen molar-refractivity contribution in [3.63, 3.8) is 0 Å². The van der Waals surface area contributed by atoms with Crippen molar-refractivity contribution in [2.45, 2.75) is 24.3 Å². The summed E-state index contributed by atoms with van der Waals surface area (Å²) in [5.74, 6) is 0.169. The molecule has 0 spiro atoms. The van der Waals surface area contributed by atoms with Crippen LogP contribution in [0.1, 0.15) is 24.3 Å². The van der Waals surface area contributed by atoms with Crippen molar-refractivity contribution in [2.75, 3.05) is 6.61 Å². The molecule has 0 heterocycles. The van der Waals surface area contributed by atoms with E-state index in [-0.39, 0.29) is 12.4 Å². The molecular weight excluding hydrogens is 181 g/mol. The lowest BCUT2D eigenvalue weighted by molar-refractivity contribution is 0.106. The molecule has 2 nitrogen and oxygen atoms in total. The molecule has 1 saturated carbocycles. The lowest BCUT2D eigenvalue weighted by atomic mass is 9.66. The van der Waals surface area contributed by atoms with Gasteiger partial charge in [-0.3, -0.25) is 0 Å². The number of halogens is 1. The Balaban J connectivity index is 2.03. The monoisotopic (exact) mass is 195 g/mol. The molecule has 0 aliphatic heterocycles. The third kappa shape index (κ3) is 1.65. The minimum Gasteiger partial charge on any atom is -0.394 e. The molecule has 1 aliphatic carbocycles. The first kappa shape index (κ1) is 9.62. The summed E-state index contributed by atoms with van der Waals surface area (Å²) in [5, 5.41) is 8.97. The third-order valence-corrected chi connectivity index (χ3v) is 2.96. The summed E-state index contributed by atoms with van der Waals surface area (Å²) < 4.78 is 12.6. The second kappa shape index (κ2) is 3.33. The normalized spacial score (nSPS) is 31.2. The molecule has 0 unspecified atom stereocenters. The second-order valence-electron chi connectivity index (χ2n) is 4.18. The Labute approximate surface area is 82.5 Å². The van der Waals surface area contributed by atoms with Gasteiger partial charge in [0.05, 0.1) is 6.61 Å². The van der Waals surface area contributed by atoms with Crippen LogP contribution in [-0.2, 0) is 0 Å². The molecule has 0 bridgehead atoms. The topological polar surface area (TPSA) is 46.2 Å². The quantitative estimate of drug-likeness (QED) is 0.749. The summed E-state index contributed by atoms with van der Waals surface area (Å²) in [6.07, 6.45) is 1.57. The van der Waals surface area contributed by atoms with Crippen LogP contribution in [0, 0.1) is 5.82 Å². The van der Waals surface area contributed by atoms with Crippen LogP contribution in [-0.4, -0.2) is 17.3 Å². The van der Waals surface area contributed by atoms with E-state index < -0.39 is 5.54 Å². The molecule has 0 amide bonds. The lowest BCUT2D eigenvalue weighted by Crippen LogP contribution is -2.53. The summed E-state index contributed by atoms with van der Waals surface area (Å²) in [6, 6.07) is 6.50. The van der Waals surface area contributed by atoms with E-state index in [0.29, 0.717) is 5.92 Å². The van der Waals surface area contributed by atoms with Gasteiger partial charge in [-0.15, -0.1) is 0 Å². The Kier molecular flexibility index (Phi) is 2.29. The maximum Gasteiger partial charge on any atom is 0.123 e. The number of hydrogen-bond acceptors (Lipinski definition) is 2. The van der Waals surface area contributed by atoms with Crippen molar-refractivity contribution >= 4 is 0 Å². The molecule has 14 heavy (non-hydrogen) atoms. The van der Waals surface area contributed by atoms with Crippen molar-refractivity contribution < 1.29 is 9.50 Å². The van der Waals surface area contributed by atoms with Crippen LogP contribution in [0.3, 0.4) is 0 Å². The van der Waals surface area contributed by atoms with Crippen molar-refractivity contribution in [2.24, 2.45) is 5.73 Å². The molecule has 3 heteroatoms. The molecule has 2 rings (SSSR count). The molecule has 0 saturated heterocycles. The highest BCUT2D eigenvalue weighted by Gasteiger charge is 2.40. The Morgan fingerprint density at radius 2 is 1.93 bits per heavy atom. The van der Waals surface area contributed by atoms with Gasteiger partial charge in [0.25, 0.3) is 0 Å². The van der Waals surface area contributed by atoms with Gasteiger partial charge in [0.15, 0.2) is 0 Å². The zero-order valence-corrected chi connectivity index (χ0v) is 7.91. The van der Waals surface area contributed by atoms with Gasteiger partial charge in [-0.1, -0.05) is 12.1 Å². The Morgan fingerprint density at radius 3 is 2.43 bits per heavy atom. The first-order valence-electron chi connectivity index (χ1n) is 4.78. The predicted octanol–water partition coefficient (Wildman–Crippen LogP) is 1.39. The predicted molar refractivity (Wildman–Crippen MR) is 52.4 cm³/mol. The number of aliphatic hydroxyl groups is 1. The minimum atomic E-state index is -0.404. The number of benzene rings is 1. The molecule has 1 aromatic carbocycles. The molecule has 3 N–H and O–H groups in total. The number of nitrogens with two attached hydrogens (primary N) is 1. The number of rotatable bonds is 2. The summed E-state index contributed by atoms with van der Waals surface area (Å²) in [6.45, 7) is 0.0324. The molecule has 0 atom stereocenters. The standard InChI is InChI=1S/C11H14FNO/c12-10-3-1-8(2-4-10)9-5-11(13,6-9)7-14/h1-4,9,14H,5-7,13H2. The SMILES string of the molecule is NC1(CO)CC(c2ccc(F)cc2)C1. The molecule has 0 radical (unpaired) electrons. The highest BCUT2D eigenvalue weighted by Crippen LogP contribution is 2.42. The van der Waals surface area contributed by atoms with Gasteiger partial charge in [0.1, 0.15) is 5.82 Å². The Hall–Kier alpha value is -0.930. The minimum absolute atomic E-state index is 0.0324. The summed E-state index contributed by atoms with van der Waals surface area (Å²) in [7, 11) is 0. The first-order chi connectivity index (χ1) is 6.63. The largest absolute Gasteiger partial charge is 0.394 e. The fourth-order valence-corrected chi connectivity index (χ4v) is 2.02. The van der Waals surface area contributed by atoms with E-state index in [1.807, 2.05) is 0 Å². The van der Waals surface area contributed by atoms with Crippen molar-refractivity contribution in [1.82, 2.24) is 0 Å². The summed E-state index contributed by atoms with van der Waals surface area (Å²) in [4.78, 5) is 0. The fraction of sp³-hybridized carbons (Fsp3) is 0.455. The van der Waals surface area contributed by atoms with Gasteiger partial charge in [-0.2, -0.15) is 0 Å². The van der Waals surface area contributed by atoms with Crippen molar-refractivity contribution in [1.29, 1.82) is 0 Å². The van der Waals surface area contributed by atoms with Crippen LogP contribution in [0.5, 0.6) is 0 Å². The van der Waals surface area contributed by atoms with Gasteiger partial charge in [0.2, 0.25) is 0 Å². The Morgan fingerprint density at radius 1 is 1.36 bits per heavy atom. The second-order valence-corrected chi connectivity index (χ2v) is 4.18. The maximum atomic E-state index is 12.6. The number of hydrogen-bond donors (Lipinski definition) is 2. The fourth-order valence-electron chi connectivity index (χ4n) is 2.02. The van der Waals surface area contributed by atoms with Gasteiger partial charge in [-0.25, -0.2) is 4.39 Å². The summed E-state index contributed by atoms with van der Waals surface area (Å²) in [5.41, 5.74) is 6.54. The van der Waals surface area contributed by atoms with Gasteiger partial charge >= 0.3 is 0 Å². The maximum absolute atomic E-state index is 12.6. The summed E-state index contributed by atoms with van der Waals surface area (Å²) >= 11 is 0. The van der Waals surface area contributed by atoms with Crippen LogP contribution in [0.25, 0.3) is 0 Å². The molecule has 1 aromatic rings. The highest BCUT2D eigenvalue weighted by atomic mass is 19.1. The van der Waals surface area contributed by atoms with Crippen molar-refractivity contribution in [3.8, 4) is 0 Å². The average Bonchev–Trinajstić information content (AvgIpc) is 2.15. The molecular formula is C11H14FNO. The van der Waals surface area contributed by atoms with Crippen LogP contribution >= 0.6 is 0 Å². The van der Waals surface area contributed by atoms with Crippen LogP contribution in [0.2, 0.25) is 0 Å². The zero-order valence-electron chi connectivity index (χ0n) is 7.91. The molecule has 0 aromatic heterocycles. The van der Waals surface area contributed by atoms with E-state index in [2.05, 4.69) is 0 Å². The van der Waals surface area contributed by atoms with Crippen LogP contribution in [0.15, 0.2) is 24.3 Å². The van der Waals surface area contributed by atoms with E-state index in [9.17, 15) is 4.39 Å². The first-order valence-corrected chi connectivity index (χ1v) is 4.78. The third-order valence-electron chi connectivity index (χ3n) is 2.96. The van der Waals surface area contributed by atoms with Crippen LogP contribution in [0.4, 0.5) is 4.39 Å². The molecule has 1 aliphatic rings. The van der Waals surface area contributed by atoms with Crippen molar-refractivity contribution in [3.05, 3.63) is 35.6 Å². The number of aliphatic hydroxyl groups excluding tert-OH is 1. The van der Waals surface area contributed by atoms with E-state index in [1.165, 1.54) is 12.1 Å². The van der Waals surface area contributed by atoms with E-state index in [0.717, 1.165) is 18.4 Å². The Bertz CT molecular complexity index is 317. The lowest BCUT2D eigenvalue weighted by Gasteiger charge is -2.44. The van der Waals surface area contributed by atoms with E-state index >= 15 is 0 Å². The van der Waals surface area contributed by atoms with Gasteiger partial charge in [0, 0.05) is 5.54 Å². The highest BCUT2D eigenvalue weighted by molar-refractivity contribution is 5.25. The zero-order chi connectivity index (χ0) is 10.2. The molecule has 76 valence electrons. The molecule has 1 fully saturated rings. The van der Waals surface area contributed by atoms with Gasteiger partial charge in [-0.05, 0) is 36.5 Å². The average molecular weight is 195 g/mol. The van der Waals surface area contributed by atoms with E-state index in [1.54, 1.807) is 12.1 Å².